The molecule has 10 heteroatoms. The number of hydrogen-bond donors (Lipinski definition) is 3. The van der Waals surface area contributed by atoms with Crippen LogP contribution in [-0.2, 0) is 14.5 Å². The van der Waals surface area contributed by atoms with Crippen LogP contribution >= 0.6 is 0 Å². The molecule has 1 unspecified atom stereocenters. The van der Waals surface area contributed by atoms with Gasteiger partial charge in [0.2, 0.25) is 5.91 Å². The number of aromatic nitrogens is 2. The van der Waals surface area contributed by atoms with E-state index in [1.54, 1.807) is 36.6 Å². The fourth-order valence-corrected chi connectivity index (χ4v) is 4.26. The normalized spacial score (nSPS) is 15.1. The zero-order valence-electron chi connectivity index (χ0n) is 16.6. The summed E-state index contributed by atoms with van der Waals surface area (Å²) < 4.78 is 17.2. The van der Waals surface area contributed by atoms with Crippen molar-refractivity contribution in [3.63, 3.8) is 0 Å². The van der Waals surface area contributed by atoms with Crippen molar-refractivity contribution in [3.05, 3.63) is 36.0 Å². The molecule has 154 valence electrons. The Hall–Kier alpha value is -3.01. The number of anilines is 3. The first-order valence-corrected chi connectivity index (χ1v) is 11.2. The van der Waals surface area contributed by atoms with Gasteiger partial charge < -0.3 is 16.0 Å². The Labute approximate surface area is 169 Å². The number of carbonyl (C=O) groups is 2. The fraction of sp³-hybridized carbons (Fsp3) is 0.368. The molecule has 0 bridgehead atoms. The first kappa shape index (κ1) is 20.7. The molecule has 1 atom stereocenters. The lowest BCUT2D eigenvalue weighted by Gasteiger charge is -2.15. The third kappa shape index (κ3) is 4.89. The van der Waals surface area contributed by atoms with Crippen LogP contribution in [0.1, 0.15) is 30.3 Å². The predicted octanol–water partition coefficient (Wildman–Crippen LogP) is 2.40. The maximum atomic E-state index is 13.0. The molecule has 9 nitrogen and oxygen atoms in total. The molecule has 0 aliphatic heterocycles. The van der Waals surface area contributed by atoms with Gasteiger partial charge in [0.25, 0.3) is 5.91 Å². The summed E-state index contributed by atoms with van der Waals surface area (Å²) in [7, 11) is -1.14. The second-order valence-electron chi connectivity index (χ2n) is 6.70. The first-order chi connectivity index (χ1) is 13.9. The standard InChI is InChI=1S/C19H24N6O3S/c1-4-21-29(3,28)15-8-6-5-7-13(15)22-14-11-16(23-18(26)12-9-10-12)24-25-17(14)19(27)20-2/h5-8,11-12H,4,9-10H2,1-3H3,(H,20,27)(H2,22,23,24,26). The highest BCUT2D eigenvalue weighted by atomic mass is 32.2. The second kappa shape index (κ2) is 8.56. The molecule has 0 saturated heterocycles. The lowest BCUT2D eigenvalue weighted by atomic mass is 10.2. The van der Waals surface area contributed by atoms with Gasteiger partial charge in [0.05, 0.1) is 26.0 Å². The molecule has 29 heavy (non-hydrogen) atoms. The highest BCUT2D eigenvalue weighted by Gasteiger charge is 2.30. The van der Waals surface area contributed by atoms with Gasteiger partial charge in [-0.2, -0.15) is 0 Å². The largest absolute Gasteiger partial charge is 0.354 e. The van der Waals surface area contributed by atoms with E-state index in [9.17, 15) is 13.8 Å². The summed E-state index contributed by atoms with van der Waals surface area (Å²) in [6.45, 7) is 2.24. The van der Waals surface area contributed by atoms with Gasteiger partial charge in [0.15, 0.2) is 11.5 Å². The van der Waals surface area contributed by atoms with E-state index in [1.807, 2.05) is 6.92 Å². The predicted molar refractivity (Wildman–Crippen MR) is 112 cm³/mol. The van der Waals surface area contributed by atoms with Gasteiger partial charge in [-0.05, 0) is 31.9 Å². The number of nitrogens with one attached hydrogen (secondary N) is 3. The number of carbonyl (C=O) groups excluding carboxylic acids is 2. The van der Waals surface area contributed by atoms with Crippen molar-refractivity contribution in [1.29, 1.82) is 0 Å². The van der Waals surface area contributed by atoms with Crippen LogP contribution in [0.25, 0.3) is 0 Å². The summed E-state index contributed by atoms with van der Waals surface area (Å²) in [6, 6.07) is 8.59. The van der Waals surface area contributed by atoms with Gasteiger partial charge in [-0.3, -0.25) is 9.59 Å². The van der Waals surface area contributed by atoms with Crippen LogP contribution in [-0.4, -0.2) is 46.1 Å². The van der Waals surface area contributed by atoms with Gasteiger partial charge in [-0.25, -0.2) is 8.57 Å². The number of benzene rings is 1. The average molecular weight is 417 g/mol. The summed E-state index contributed by atoms with van der Waals surface area (Å²) in [4.78, 5) is 24.8. The van der Waals surface area contributed by atoms with E-state index in [-0.39, 0.29) is 23.3 Å². The molecular weight excluding hydrogens is 392 g/mol. The maximum Gasteiger partial charge on any atom is 0.273 e. The number of amides is 2. The molecule has 1 saturated carbocycles. The molecule has 3 rings (SSSR count). The zero-order chi connectivity index (χ0) is 21.0. The van der Waals surface area contributed by atoms with Crippen molar-refractivity contribution in [2.45, 2.75) is 24.7 Å². The summed E-state index contributed by atoms with van der Waals surface area (Å²) >= 11 is 0. The molecular formula is C19H24N6O3S. The van der Waals surface area contributed by atoms with Gasteiger partial charge in [0.1, 0.15) is 0 Å². The fourth-order valence-electron chi connectivity index (χ4n) is 2.77. The molecule has 1 aliphatic rings. The third-order valence-electron chi connectivity index (χ3n) is 4.38. The lowest BCUT2D eigenvalue weighted by Crippen LogP contribution is -2.22. The van der Waals surface area contributed by atoms with Crippen LogP contribution in [0.15, 0.2) is 39.6 Å². The zero-order valence-corrected chi connectivity index (χ0v) is 17.4. The molecule has 2 amide bonds. The minimum atomic E-state index is -2.63. The molecule has 1 aromatic heterocycles. The molecule has 1 fully saturated rings. The molecule has 2 aromatic rings. The van der Waals surface area contributed by atoms with E-state index in [0.29, 0.717) is 22.8 Å². The summed E-state index contributed by atoms with van der Waals surface area (Å²) in [5, 5.41) is 16.3. The van der Waals surface area contributed by atoms with Crippen molar-refractivity contribution >= 4 is 38.7 Å². The van der Waals surface area contributed by atoms with Crippen LogP contribution in [0, 0.1) is 5.92 Å². The highest BCUT2D eigenvalue weighted by Crippen LogP contribution is 2.31. The van der Waals surface area contributed by atoms with Crippen molar-refractivity contribution in [2.24, 2.45) is 10.3 Å². The second-order valence-corrected chi connectivity index (χ2v) is 9.01. The average Bonchev–Trinajstić information content (AvgIpc) is 3.53. The molecule has 1 heterocycles. The van der Waals surface area contributed by atoms with E-state index in [1.165, 1.54) is 7.05 Å². The van der Waals surface area contributed by atoms with Crippen molar-refractivity contribution in [1.82, 2.24) is 15.5 Å². The van der Waals surface area contributed by atoms with Crippen LogP contribution in [0.5, 0.6) is 0 Å². The Morgan fingerprint density at radius 1 is 1.21 bits per heavy atom. The maximum absolute atomic E-state index is 13.0. The Kier molecular flexibility index (Phi) is 6.12. The van der Waals surface area contributed by atoms with E-state index in [0.717, 1.165) is 12.8 Å². The topological polar surface area (TPSA) is 125 Å². The van der Waals surface area contributed by atoms with Crippen molar-refractivity contribution < 1.29 is 13.8 Å². The summed E-state index contributed by atoms with van der Waals surface area (Å²) in [5.74, 6) is -0.303. The highest BCUT2D eigenvalue weighted by molar-refractivity contribution is 7.93. The van der Waals surface area contributed by atoms with Gasteiger partial charge >= 0.3 is 0 Å². The first-order valence-electron chi connectivity index (χ1n) is 9.30. The Morgan fingerprint density at radius 3 is 2.59 bits per heavy atom. The number of nitrogens with zero attached hydrogens (tertiary/aromatic N) is 3. The number of para-hydroxylation sites is 1. The molecule has 3 N–H and O–H groups in total. The smallest absolute Gasteiger partial charge is 0.273 e. The van der Waals surface area contributed by atoms with Gasteiger partial charge in [0, 0.05) is 31.8 Å². The van der Waals surface area contributed by atoms with E-state index in [2.05, 4.69) is 30.5 Å². The molecule has 1 aromatic carbocycles. The molecule has 0 spiro atoms. The van der Waals surface area contributed by atoms with Gasteiger partial charge in [-0.15, -0.1) is 10.2 Å². The molecule has 0 radical (unpaired) electrons. The van der Waals surface area contributed by atoms with E-state index >= 15 is 0 Å². The van der Waals surface area contributed by atoms with Gasteiger partial charge in [-0.1, -0.05) is 12.1 Å². The van der Waals surface area contributed by atoms with E-state index in [4.69, 9.17) is 0 Å². The Balaban J connectivity index is 2.01. The summed E-state index contributed by atoms with van der Waals surface area (Å²) in [6.07, 6.45) is 3.29. The minimum absolute atomic E-state index is 0.00739. The third-order valence-corrected chi connectivity index (χ3v) is 6.30. The lowest BCUT2D eigenvalue weighted by molar-refractivity contribution is -0.117. The quantitative estimate of drug-likeness (QED) is 0.636. The Bertz CT molecular complexity index is 1060. The molecule has 1 aliphatic carbocycles. The number of hydrogen-bond acceptors (Lipinski definition) is 7. The summed E-state index contributed by atoms with van der Waals surface area (Å²) in [5.41, 5.74) is 0.932. The Morgan fingerprint density at radius 2 is 1.93 bits per heavy atom. The van der Waals surface area contributed by atoms with Crippen LogP contribution in [0.2, 0.25) is 0 Å². The van der Waals surface area contributed by atoms with Crippen LogP contribution in [0.4, 0.5) is 17.2 Å². The van der Waals surface area contributed by atoms with Crippen molar-refractivity contribution in [2.75, 3.05) is 30.5 Å². The van der Waals surface area contributed by atoms with Crippen LogP contribution in [0.3, 0.4) is 0 Å². The number of rotatable bonds is 7. The minimum Gasteiger partial charge on any atom is -0.354 e. The monoisotopic (exact) mass is 416 g/mol. The van der Waals surface area contributed by atoms with Crippen LogP contribution < -0.4 is 16.0 Å². The SMILES string of the molecule is CCN=S(C)(=O)c1ccccc1Nc1cc(NC(=O)C2CC2)nnc1C(=O)NC. The van der Waals surface area contributed by atoms with E-state index < -0.39 is 15.6 Å². The van der Waals surface area contributed by atoms with Crippen molar-refractivity contribution in [3.8, 4) is 0 Å².